The molecule has 6 nitrogen and oxygen atoms in total. The smallest absolute Gasteiger partial charge is 0.230 e. The molecule has 0 atom stereocenters. The molecule has 1 aliphatic rings. The molecule has 1 aromatic carbocycles. The van der Waals surface area contributed by atoms with Crippen molar-refractivity contribution >= 4 is 46.9 Å². The molecule has 0 unspecified atom stereocenters. The van der Waals surface area contributed by atoms with Crippen molar-refractivity contribution in [2.24, 2.45) is 0 Å². The highest BCUT2D eigenvalue weighted by Crippen LogP contribution is 2.37. The lowest BCUT2D eigenvalue weighted by atomic mass is 9.94. The molecule has 2 amide bonds. The van der Waals surface area contributed by atoms with Gasteiger partial charge in [-0.25, -0.2) is 0 Å². The lowest BCUT2D eigenvalue weighted by molar-refractivity contribution is -0.118. The average molecular weight is 364 g/mol. The zero-order valence-electron chi connectivity index (χ0n) is 13.2. The minimum Gasteiger partial charge on any atom is -0.358 e. The predicted molar refractivity (Wildman–Crippen MR) is 95.2 cm³/mol. The van der Waals surface area contributed by atoms with Gasteiger partial charge in [0.1, 0.15) is 0 Å². The molecule has 0 spiro atoms. The second kappa shape index (κ2) is 8.16. The molecule has 0 aliphatic heterocycles. The fourth-order valence-electron chi connectivity index (χ4n) is 2.01. The summed E-state index contributed by atoms with van der Waals surface area (Å²) in [4.78, 5) is 48.8. The van der Waals surface area contributed by atoms with Crippen molar-refractivity contribution in [3.63, 3.8) is 0 Å². The second-order valence-corrected chi connectivity index (χ2v) is 6.76. The molecule has 0 radical (unpaired) electrons. The first-order valence-electron chi connectivity index (χ1n) is 7.09. The molecule has 126 valence electrons. The molecule has 2 N–H and O–H groups in total. The third-order valence-electron chi connectivity index (χ3n) is 3.29. The third-order valence-corrected chi connectivity index (χ3v) is 5.59. The number of amides is 2. The van der Waals surface area contributed by atoms with Crippen LogP contribution in [-0.2, 0) is 9.59 Å². The van der Waals surface area contributed by atoms with Crippen molar-refractivity contribution in [1.82, 2.24) is 10.6 Å². The van der Waals surface area contributed by atoms with E-state index in [9.17, 15) is 19.2 Å². The highest BCUT2D eigenvalue weighted by atomic mass is 32.2. The van der Waals surface area contributed by atoms with Gasteiger partial charge in [-0.05, 0) is 0 Å². The van der Waals surface area contributed by atoms with E-state index in [1.165, 1.54) is 14.1 Å². The van der Waals surface area contributed by atoms with Crippen LogP contribution in [0.4, 0.5) is 0 Å². The summed E-state index contributed by atoms with van der Waals surface area (Å²) in [7, 11) is 3.00. The number of benzene rings is 1. The lowest BCUT2D eigenvalue weighted by Gasteiger charge is -2.20. The number of carbonyl (C=O) groups is 4. The van der Waals surface area contributed by atoms with E-state index in [4.69, 9.17) is 0 Å². The van der Waals surface area contributed by atoms with Crippen molar-refractivity contribution in [3.05, 3.63) is 45.2 Å². The van der Waals surface area contributed by atoms with Gasteiger partial charge in [0, 0.05) is 25.2 Å². The zero-order chi connectivity index (χ0) is 17.7. The number of thioether (sulfide) groups is 2. The van der Waals surface area contributed by atoms with E-state index in [0.29, 0.717) is 11.1 Å². The topological polar surface area (TPSA) is 92.3 Å². The number of hydrogen-bond donors (Lipinski definition) is 2. The fourth-order valence-corrected chi connectivity index (χ4v) is 4.13. The van der Waals surface area contributed by atoms with Crippen LogP contribution in [0.15, 0.2) is 34.1 Å². The highest BCUT2D eigenvalue weighted by molar-refractivity contribution is 8.08. The highest BCUT2D eigenvalue weighted by Gasteiger charge is 2.33. The maximum absolute atomic E-state index is 12.7. The van der Waals surface area contributed by atoms with Crippen LogP contribution in [0, 0.1) is 0 Å². The molecule has 1 aromatic rings. The van der Waals surface area contributed by atoms with E-state index in [1.807, 2.05) is 0 Å². The Hall–Kier alpha value is -2.06. The number of nitrogens with one attached hydrogen (secondary N) is 2. The number of carbonyl (C=O) groups excluding carboxylic acids is 4. The van der Waals surface area contributed by atoms with E-state index in [-0.39, 0.29) is 44.7 Å². The first kappa shape index (κ1) is 18.3. The summed E-state index contributed by atoms with van der Waals surface area (Å²) in [6.07, 6.45) is 0. The fraction of sp³-hybridized carbons (Fsp3) is 0.250. The quantitative estimate of drug-likeness (QED) is 0.789. The summed E-state index contributed by atoms with van der Waals surface area (Å²) in [6.45, 7) is 0. The normalized spacial score (nSPS) is 13.6. The molecular formula is C16H16N2O4S2. The number of Topliss-reactive ketones (excluding diaryl/α,β-unsaturated/α-hetero) is 2. The Bertz CT molecular complexity index is 682. The Kier molecular flexibility index (Phi) is 6.22. The van der Waals surface area contributed by atoms with Gasteiger partial charge in [0.15, 0.2) is 0 Å². The number of hydrogen-bond acceptors (Lipinski definition) is 6. The summed E-state index contributed by atoms with van der Waals surface area (Å²) >= 11 is 2.04. The Labute approximate surface area is 147 Å². The molecule has 0 saturated heterocycles. The van der Waals surface area contributed by atoms with E-state index in [1.54, 1.807) is 24.3 Å². The van der Waals surface area contributed by atoms with Gasteiger partial charge in [-0.3, -0.25) is 19.2 Å². The van der Waals surface area contributed by atoms with Crippen molar-refractivity contribution < 1.29 is 19.2 Å². The van der Waals surface area contributed by atoms with Crippen LogP contribution in [-0.4, -0.2) is 49.0 Å². The predicted octanol–water partition coefficient (Wildman–Crippen LogP) is 1.24. The van der Waals surface area contributed by atoms with Crippen molar-refractivity contribution in [2.75, 3.05) is 25.6 Å². The molecular weight excluding hydrogens is 348 g/mol. The molecule has 0 fully saturated rings. The molecule has 1 aliphatic carbocycles. The van der Waals surface area contributed by atoms with Crippen molar-refractivity contribution in [2.45, 2.75) is 0 Å². The molecule has 24 heavy (non-hydrogen) atoms. The minimum atomic E-state index is -0.293. The van der Waals surface area contributed by atoms with Gasteiger partial charge in [0.05, 0.1) is 21.3 Å². The van der Waals surface area contributed by atoms with Gasteiger partial charge in [-0.15, -0.1) is 23.5 Å². The van der Waals surface area contributed by atoms with Gasteiger partial charge in [-0.1, -0.05) is 24.3 Å². The van der Waals surface area contributed by atoms with Crippen molar-refractivity contribution in [3.8, 4) is 0 Å². The summed E-state index contributed by atoms with van der Waals surface area (Å²) in [6, 6.07) is 6.56. The molecule has 0 heterocycles. The van der Waals surface area contributed by atoms with Gasteiger partial charge >= 0.3 is 0 Å². The van der Waals surface area contributed by atoms with Crippen molar-refractivity contribution in [1.29, 1.82) is 0 Å². The third kappa shape index (κ3) is 3.88. The number of allylic oxidation sites excluding steroid dienone is 2. The summed E-state index contributed by atoms with van der Waals surface area (Å²) < 4.78 is 0. The van der Waals surface area contributed by atoms with E-state index in [2.05, 4.69) is 10.6 Å². The number of rotatable bonds is 6. The molecule has 2 rings (SSSR count). The Morgan fingerprint density at radius 3 is 1.54 bits per heavy atom. The minimum absolute atomic E-state index is 0.0249. The van der Waals surface area contributed by atoms with Gasteiger partial charge in [0.25, 0.3) is 0 Å². The second-order valence-electron chi connectivity index (χ2n) is 4.79. The first-order valence-corrected chi connectivity index (χ1v) is 9.06. The number of ketones is 2. The zero-order valence-corrected chi connectivity index (χ0v) is 14.8. The monoisotopic (exact) mass is 364 g/mol. The van der Waals surface area contributed by atoms with Crippen LogP contribution < -0.4 is 10.6 Å². The first-order chi connectivity index (χ1) is 11.5. The summed E-state index contributed by atoms with van der Waals surface area (Å²) in [5.74, 6) is -1.03. The van der Waals surface area contributed by atoms with Crippen LogP contribution in [0.3, 0.4) is 0 Å². The Morgan fingerprint density at radius 1 is 0.833 bits per heavy atom. The van der Waals surface area contributed by atoms with Crippen LogP contribution in [0.1, 0.15) is 20.7 Å². The van der Waals surface area contributed by atoms with Crippen LogP contribution in [0.2, 0.25) is 0 Å². The van der Waals surface area contributed by atoms with E-state index < -0.39 is 0 Å². The van der Waals surface area contributed by atoms with Crippen LogP contribution in [0.5, 0.6) is 0 Å². The van der Waals surface area contributed by atoms with E-state index in [0.717, 1.165) is 23.5 Å². The summed E-state index contributed by atoms with van der Waals surface area (Å²) in [5.41, 5.74) is 0.650. The maximum atomic E-state index is 12.7. The average Bonchev–Trinajstić information content (AvgIpc) is 2.61. The molecule has 0 bridgehead atoms. The number of fused-ring (bicyclic) bond motifs is 1. The van der Waals surface area contributed by atoms with E-state index >= 15 is 0 Å². The van der Waals surface area contributed by atoms with Gasteiger partial charge in [0.2, 0.25) is 23.4 Å². The standard InChI is InChI=1S/C16H16N2O4S2/c1-17-11(19)7-23-15-13(21)9-5-3-4-6-10(9)14(22)16(15)24-8-12(20)18-2/h3-6H,7-8H2,1-2H3,(H,17,19)(H,18,20). The largest absolute Gasteiger partial charge is 0.358 e. The van der Waals surface area contributed by atoms with Crippen LogP contribution >= 0.6 is 23.5 Å². The summed E-state index contributed by atoms with van der Waals surface area (Å²) in [5, 5.41) is 4.95. The molecule has 0 saturated carbocycles. The molecule has 0 aromatic heterocycles. The Morgan fingerprint density at radius 2 is 1.21 bits per heavy atom. The lowest BCUT2D eigenvalue weighted by Crippen LogP contribution is -2.25. The van der Waals surface area contributed by atoms with Crippen LogP contribution in [0.25, 0.3) is 0 Å². The van der Waals surface area contributed by atoms with Gasteiger partial charge in [-0.2, -0.15) is 0 Å². The SMILES string of the molecule is CNC(=O)CSC1=C(SCC(=O)NC)C(=O)c2ccccc2C1=O. The van der Waals surface area contributed by atoms with Gasteiger partial charge < -0.3 is 10.6 Å². The maximum Gasteiger partial charge on any atom is 0.230 e. The molecule has 8 heteroatoms. The Balaban J connectivity index is 2.38.